The van der Waals surface area contributed by atoms with E-state index in [4.69, 9.17) is 10.6 Å². The third-order valence-corrected chi connectivity index (χ3v) is 3.51. The predicted molar refractivity (Wildman–Crippen MR) is 80.2 cm³/mol. The third kappa shape index (κ3) is 3.09. The van der Waals surface area contributed by atoms with Gasteiger partial charge in [-0.05, 0) is 41.4 Å². The van der Waals surface area contributed by atoms with E-state index in [0.717, 1.165) is 5.56 Å². The topological polar surface area (TPSA) is 116 Å². The highest BCUT2D eigenvalue weighted by Gasteiger charge is 2.17. The minimum atomic E-state index is -0.455. The molecule has 21 heavy (non-hydrogen) atoms. The molecule has 2 aromatic rings. The summed E-state index contributed by atoms with van der Waals surface area (Å²) in [4.78, 5) is 18.4. The molecule has 0 fully saturated rings. The summed E-state index contributed by atoms with van der Waals surface area (Å²) in [6, 6.07) is 3.05. The molecular formula is C12H12BrN5O3. The molecular weight excluding hydrogens is 342 g/mol. The van der Waals surface area contributed by atoms with Gasteiger partial charge in [-0.2, -0.15) is 0 Å². The summed E-state index contributed by atoms with van der Waals surface area (Å²) in [5.41, 5.74) is 3.69. The Morgan fingerprint density at radius 1 is 1.33 bits per heavy atom. The van der Waals surface area contributed by atoms with E-state index in [1.807, 2.05) is 0 Å². The van der Waals surface area contributed by atoms with Gasteiger partial charge in [0.2, 0.25) is 5.88 Å². The number of nitro groups is 1. The quantitative estimate of drug-likeness (QED) is 0.493. The number of hydrazine groups is 1. The zero-order chi connectivity index (χ0) is 15.6. The van der Waals surface area contributed by atoms with Crippen LogP contribution in [0.1, 0.15) is 11.1 Å². The fourth-order valence-electron chi connectivity index (χ4n) is 1.76. The van der Waals surface area contributed by atoms with Crippen LogP contribution in [0.5, 0.6) is 11.6 Å². The summed E-state index contributed by atoms with van der Waals surface area (Å²) in [7, 11) is 0. The molecule has 1 aromatic heterocycles. The summed E-state index contributed by atoms with van der Waals surface area (Å²) < 4.78 is 6.06. The van der Waals surface area contributed by atoms with Crippen molar-refractivity contribution in [3.8, 4) is 11.6 Å². The van der Waals surface area contributed by atoms with Crippen molar-refractivity contribution in [1.29, 1.82) is 0 Å². The van der Waals surface area contributed by atoms with E-state index in [2.05, 4.69) is 31.3 Å². The number of benzene rings is 1. The maximum atomic E-state index is 11.0. The number of nitrogens with one attached hydrogen (secondary N) is 1. The van der Waals surface area contributed by atoms with Crippen molar-refractivity contribution in [2.45, 2.75) is 13.8 Å². The molecule has 0 aliphatic heterocycles. The molecule has 0 radical (unpaired) electrons. The maximum absolute atomic E-state index is 11.0. The van der Waals surface area contributed by atoms with Gasteiger partial charge < -0.3 is 10.2 Å². The van der Waals surface area contributed by atoms with Gasteiger partial charge in [0.1, 0.15) is 16.5 Å². The molecule has 0 aliphatic rings. The second-order valence-corrected chi connectivity index (χ2v) is 5.04. The number of nitrogen functional groups attached to an aromatic ring is 1. The second-order valence-electron chi connectivity index (χ2n) is 4.25. The van der Waals surface area contributed by atoms with Crippen LogP contribution in [0.3, 0.4) is 0 Å². The summed E-state index contributed by atoms with van der Waals surface area (Å²) in [5, 5.41) is 11.0. The molecule has 1 aromatic carbocycles. The largest absolute Gasteiger partial charge is 0.437 e. The lowest BCUT2D eigenvalue weighted by atomic mass is 10.1. The lowest BCUT2D eigenvalue weighted by Crippen LogP contribution is -2.10. The monoisotopic (exact) mass is 353 g/mol. The van der Waals surface area contributed by atoms with E-state index in [0.29, 0.717) is 21.6 Å². The Morgan fingerprint density at radius 2 is 2.05 bits per heavy atom. The number of aromatic nitrogens is 2. The van der Waals surface area contributed by atoms with E-state index in [-0.39, 0.29) is 11.6 Å². The first-order valence-corrected chi connectivity index (χ1v) is 6.64. The van der Waals surface area contributed by atoms with Crippen molar-refractivity contribution in [3.05, 3.63) is 44.2 Å². The van der Waals surface area contributed by atoms with Gasteiger partial charge >= 0.3 is 0 Å². The second kappa shape index (κ2) is 6.02. The Balaban J connectivity index is 2.45. The van der Waals surface area contributed by atoms with Gasteiger partial charge in [-0.3, -0.25) is 10.1 Å². The minimum Gasteiger partial charge on any atom is -0.437 e. The van der Waals surface area contributed by atoms with Crippen LogP contribution in [-0.4, -0.2) is 14.9 Å². The molecule has 0 saturated carbocycles. The number of halogens is 1. The zero-order valence-corrected chi connectivity index (χ0v) is 12.8. The highest BCUT2D eigenvalue weighted by molar-refractivity contribution is 9.10. The predicted octanol–water partition coefficient (Wildman–Crippen LogP) is 2.84. The number of anilines is 1. The fourth-order valence-corrected chi connectivity index (χ4v) is 2.16. The van der Waals surface area contributed by atoms with Crippen LogP contribution in [0.4, 0.5) is 11.5 Å². The Hall–Kier alpha value is -2.26. The van der Waals surface area contributed by atoms with E-state index >= 15 is 0 Å². The van der Waals surface area contributed by atoms with Crippen molar-refractivity contribution in [3.63, 3.8) is 0 Å². The van der Waals surface area contributed by atoms with Crippen LogP contribution in [0, 0.1) is 24.0 Å². The average Bonchev–Trinajstić information content (AvgIpc) is 2.43. The van der Waals surface area contributed by atoms with E-state index in [1.165, 1.54) is 12.4 Å². The van der Waals surface area contributed by atoms with Crippen LogP contribution in [-0.2, 0) is 0 Å². The van der Waals surface area contributed by atoms with E-state index in [9.17, 15) is 10.1 Å². The van der Waals surface area contributed by atoms with Crippen LogP contribution in [0.25, 0.3) is 0 Å². The van der Waals surface area contributed by atoms with Gasteiger partial charge in [0.05, 0.1) is 11.0 Å². The van der Waals surface area contributed by atoms with Gasteiger partial charge in [-0.1, -0.05) is 0 Å². The normalized spacial score (nSPS) is 10.3. The number of hydrogen-bond donors (Lipinski definition) is 2. The lowest BCUT2D eigenvalue weighted by molar-refractivity contribution is -0.385. The van der Waals surface area contributed by atoms with Crippen molar-refractivity contribution in [1.82, 2.24) is 9.97 Å². The van der Waals surface area contributed by atoms with Crippen LogP contribution in [0.15, 0.2) is 22.9 Å². The highest BCUT2D eigenvalue weighted by Crippen LogP contribution is 2.35. The molecule has 0 saturated heterocycles. The first-order chi connectivity index (χ1) is 9.93. The molecule has 0 spiro atoms. The molecule has 8 nitrogen and oxygen atoms in total. The zero-order valence-electron chi connectivity index (χ0n) is 11.3. The first-order valence-electron chi connectivity index (χ1n) is 5.84. The van der Waals surface area contributed by atoms with Crippen LogP contribution >= 0.6 is 15.9 Å². The summed E-state index contributed by atoms with van der Waals surface area (Å²) in [6.45, 7) is 3.47. The van der Waals surface area contributed by atoms with Gasteiger partial charge in [-0.15, -0.1) is 0 Å². The average molecular weight is 354 g/mol. The van der Waals surface area contributed by atoms with Crippen molar-refractivity contribution in [2.75, 3.05) is 5.43 Å². The van der Waals surface area contributed by atoms with Crippen LogP contribution in [0.2, 0.25) is 0 Å². The standard InChI is InChI=1S/C12H12BrN5O3/c1-6-3-7(2)9(4-8(6)18(19)20)21-12-10(13)11(17-14)15-5-16-12/h3-5H,14H2,1-2H3,(H,15,16,17). The SMILES string of the molecule is Cc1cc(C)c([N+](=O)[O-])cc1Oc1ncnc(NN)c1Br. The van der Waals surface area contributed by atoms with Gasteiger partial charge in [0.15, 0.2) is 5.82 Å². The number of nitrogens with two attached hydrogens (primary N) is 1. The summed E-state index contributed by atoms with van der Waals surface area (Å²) in [5.74, 6) is 6.21. The number of hydrogen-bond acceptors (Lipinski definition) is 7. The molecule has 0 aliphatic carbocycles. The van der Waals surface area contributed by atoms with Gasteiger partial charge in [-0.25, -0.2) is 15.8 Å². The number of nitrogens with zero attached hydrogens (tertiary/aromatic N) is 3. The van der Waals surface area contributed by atoms with E-state index in [1.54, 1.807) is 19.9 Å². The Labute approximate surface area is 128 Å². The summed E-state index contributed by atoms with van der Waals surface area (Å²) >= 11 is 3.26. The Bertz CT molecular complexity index is 708. The first kappa shape index (κ1) is 15.1. The fraction of sp³-hybridized carbons (Fsp3) is 0.167. The van der Waals surface area contributed by atoms with Crippen molar-refractivity contribution in [2.24, 2.45) is 5.84 Å². The number of ether oxygens (including phenoxy) is 1. The molecule has 0 unspecified atom stereocenters. The van der Waals surface area contributed by atoms with Gasteiger partial charge in [0.25, 0.3) is 5.69 Å². The molecule has 0 amide bonds. The molecule has 9 heteroatoms. The Kier molecular flexibility index (Phi) is 4.34. The highest BCUT2D eigenvalue weighted by atomic mass is 79.9. The molecule has 110 valence electrons. The molecule has 3 N–H and O–H groups in total. The molecule has 1 heterocycles. The van der Waals surface area contributed by atoms with E-state index < -0.39 is 4.92 Å². The lowest BCUT2D eigenvalue weighted by Gasteiger charge is -2.11. The third-order valence-electron chi connectivity index (χ3n) is 2.79. The smallest absolute Gasteiger partial charge is 0.276 e. The van der Waals surface area contributed by atoms with Gasteiger partial charge in [0, 0.05) is 5.56 Å². The number of nitro benzene ring substituents is 1. The minimum absolute atomic E-state index is 0.0158. The molecule has 2 rings (SSSR count). The Morgan fingerprint density at radius 3 is 2.67 bits per heavy atom. The number of aryl methyl sites for hydroxylation is 2. The maximum Gasteiger partial charge on any atom is 0.276 e. The summed E-state index contributed by atoms with van der Waals surface area (Å²) in [6.07, 6.45) is 1.27. The molecule has 0 bridgehead atoms. The molecule has 0 atom stereocenters. The number of rotatable bonds is 4. The van der Waals surface area contributed by atoms with Crippen molar-refractivity contribution < 1.29 is 9.66 Å². The van der Waals surface area contributed by atoms with Crippen molar-refractivity contribution >= 4 is 27.4 Å². The van der Waals surface area contributed by atoms with Crippen LogP contribution < -0.4 is 16.0 Å².